The number of nitrogens with zero attached hydrogens (tertiary/aromatic N) is 2. The molecule has 0 aliphatic carbocycles. The zero-order chi connectivity index (χ0) is 13.7. The highest BCUT2D eigenvalue weighted by atomic mass is 32.2. The van der Waals surface area contributed by atoms with Gasteiger partial charge in [-0.1, -0.05) is 13.8 Å². The molecule has 1 aromatic rings. The number of carbonyl (C=O) groups excluding carboxylic acids is 1. The molecule has 0 bridgehead atoms. The third-order valence-corrected chi connectivity index (χ3v) is 3.53. The molecule has 0 saturated carbocycles. The first-order valence-corrected chi connectivity index (χ1v) is 7.23. The van der Waals surface area contributed by atoms with Gasteiger partial charge in [-0.2, -0.15) is 5.10 Å². The lowest BCUT2D eigenvalue weighted by molar-refractivity contribution is 0.0523. The molecule has 2 N–H and O–H groups in total. The molecular formula is C12H21N3O2S. The second-order valence-corrected chi connectivity index (χ2v) is 5.17. The summed E-state index contributed by atoms with van der Waals surface area (Å²) in [6.45, 7) is 8.21. The number of rotatable bonds is 6. The number of esters is 1. The van der Waals surface area contributed by atoms with Crippen LogP contribution in [0.2, 0.25) is 0 Å². The highest BCUT2D eigenvalue weighted by Crippen LogP contribution is 2.29. The average Bonchev–Trinajstić information content (AvgIpc) is 2.66. The van der Waals surface area contributed by atoms with Crippen LogP contribution in [0.4, 0.5) is 5.82 Å². The van der Waals surface area contributed by atoms with Crippen LogP contribution in [-0.4, -0.2) is 28.1 Å². The van der Waals surface area contributed by atoms with Crippen LogP contribution in [0.25, 0.3) is 0 Å². The first-order chi connectivity index (χ1) is 8.56. The second-order valence-electron chi connectivity index (χ2n) is 3.92. The van der Waals surface area contributed by atoms with Crippen molar-refractivity contribution in [3.8, 4) is 0 Å². The van der Waals surface area contributed by atoms with Crippen LogP contribution in [0.5, 0.6) is 0 Å². The fraction of sp³-hybridized carbons (Fsp3) is 0.667. The van der Waals surface area contributed by atoms with E-state index in [0.717, 1.165) is 12.2 Å². The molecule has 0 radical (unpaired) electrons. The Kier molecular flexibility index (Phi) is 5.53. The summed E-state index contributed by atoms with van der Waals surface area (Å²) in [6.07, 6.45) is 0.907. The number of anilines is 1. The van der Waals surface area contributed by atoms with Crippen molar-refractivity contribution in [1.29, 1.82) is 0 Å². The maximum Gasteiger partial charge on any atom is 0.344 e. The summed E-state index contributed by atoms with van der Waals surface area (Å²) in [4.78, 5) is 11.9. The molecule has 1 atom stereocenters. The molecule has 102 valence electrons. The molecule has 0 spiro atoms. The monoisotopic (exact) mass is 271 g/mol. The van der Waals surface area contributed by atoms with Gasteiger partial charge in [0.1, 0.15) is 16.4 Å². The molecule has 1 heterocycles. The summed E-state index contributed by atoms with van der Waals surface area (Å²) in [5.41, 5.74) is 6.43. The summed E-state index contributed by atoms with van der Waals surface area (Å²) in [5, 5.41) is 5.09. The molecule has 0 aliphatic heterocycles. The minimum Gasteiger partial charge on any atom is -0.462 e. The van der Waals surface area contributed by atoms with Gasteiger partial charge in [-0.3, -0.25) is 0 Å². The van der Waals surface area contributed by atoms with Gasteiger partial charge in [-0.05, 0) is 26.0 Å². The second kappa shape index (κ2) is 6.68. The predicted molar refractivity (Wildman–Crippen MR) is 74.0 cm³/mol. The van der Waals surface area contributed by atoms with Crippen molar-refractivity contribution >= 4 is 23.5 Å². The number of nitrogen functional groups attached to an aromatic ring is 1. The molecule has 0 aliphatic rings. The van der Waals surface area contributed by atoms with Gasteiger partial charge in [0.05, 0.1) is 12.6 Å². The van der Waals surface area contributed by atoms with E-state index in [4.69, 9.17) is 10.5 Å². The lowest BCUT2D eigenvalue weighted by atomic mass is 10.2. The Morgan fingerprint density at radius 2 is 2.17 bits per heavy atom. The van der Waals surface area contributed by atoms with Gasteiger partial charge in [-0.25, -0.2) is 9.48 Å². The summed E-state index contributed by atoms with van der Waals surface area (Å²) in [7, 11) is 0. The summed E-state index contributed by atoms with van der Waals surface area (Å²) in [6, 6.07) is 0.171. The summed E-state index contributed by atoms with van der Waals surface area (Å²) >= 11 is 1.51. The van der Waals surface area contributed by atoms with Crippen LogP contribution in [0.3, 0.4) is 0 Å². The van der Waals surface area contributed by atoms with E-state index in [1.807, 2.05) is 13.8 Å². The fourth-order valence-corrected chi connectivity index (χ4v) is 2.32. The quantitative estimate of drug-likeness (QED) is 0.636. The first-order valence-electron chi connectivity index (χ1n) is 6.24. The Bertz CT molecular complexity index is 418. The first kappa shape index (κ1) is 14.9. The highest BCUT2D eigenvalue weighted by molar-refractivity contribution is 7.99. The molecule has 0 amide bonds. The molecule has 6 heteroatoms. The van der Waals surface area contributed by atoms with Crippen molar-refractivity contribution < 1.29 is 9.53 Å². The minimum atomic E-state index is -0.388. The average molecular weight is 271 g/mol. The molecule has 1 unspecified atom stereocenters. The topological polar surface area (TPSA) is 70.1 Å². The van der Waals surface area contributed by atoms with Crippen LogP contribution in [0.15, 0.2) is 5.03 Å². The lowest BCUT2D eigenvalue weighted by Crippen LogP contribution is -2.12. The Morgan fingerprint density at radius 3 is 2.67 bits per heavy atom. The van der Waals surface area contributed by atoms with E-state index < -0.39 is 0 Å². The maximum atomic E-state index is 11.9. The van der Waals surface area contributed by atoms with Crippen LogP contribution in [0.1, 0.15) is 50.5 Å². The van der Waals surface area contributed by atoms with Crippen molar-refractivity contribution in [1.82, 2.24) is 9.78 Å². The largest absolute Gasteiger partial charge is 0.462 e. The normalized spacial score (nSPS) is 12.4. The number of hydrogen-bond donors (Lipinski definition) is 1. The third kappa shape index (κ3) is 2.98. The molecule has 0 saturated heterocycles. The van der Waals surface area contributed by atoms with Gasteiger partial charge in [0, 0.05) is 0 Å². The van der Waals surface area contributed by atoms with Gasteiger partial charge < -0.3 is 10.5 Å². The predicted octanol–water partition coefficient (Wildman–Crippen LogP) is 2.73. The Labute approximate surface area is 112 Å². The van der Waals surface area contributed by atoms with Crippen molar-refractivity contribution in [3.63, 3.8) is 0 Å². The minimum absolute atomic E-state index is 0.171. The number of aromatic nitrogens is 2. The molecule has 5 nitrogen and oxygen atoms in total. The van der Waals surface area contributed by atoms with E-state index in [0.29, 0.717) is 23.0 Å². The van der Waals surface area contributed by atoms with E-state index in [9.17, 15) is 4.79 Å². The van der Waals surface area contributed by atoms with Gasteiger partial charge in [-0.15, -0.1) is 11.8 Å². The molecule has 1 aromatic heterocycles. The lowest BCUT2D eigenvalue weighted by Gasteiger charge is -2.11. The van der Waals surface area contributed by atoms with Crippen molar-refractivity contribution in [2.24, 2.45) is 0 Å². The number of nitrogens with two attached hydrogens (primary N) is 1. The van der Waals surface area contributed by atoms with E-state index in [1.165, 1.54) is 11.8 Å². The third-order valence-electron chi connectivity index (χ3n) is 2.68. The Balaban J connectivity index is 3.20. The van der Waals surface area contributed by atoms with Crippen molar-refractivity contribution in [2.75, 3.05) is 18.1 Å². The van der Waals surface area contributed by atoms with Crippen LogP contribution >= 0.6 is 11.8 Å². The van der Waals surface area contributed by atoms with E-state index in [-0.39, 0.29) is 12.0 Å². The van der Waals surface area contributed by atoms with Gasteiger partial charge in [0.2, 0.25) is 0 Å². The number of hydrogen-bond acceptors (Lipinski definition) is 5. The van der Waals surface area contributed by atoms with Crippen molar-refractivity contribution in [3.05, 3.63) is 5.56 Å². The number of ether oxygens (including phenoxy) is 1. The Hall–Kier alpha value is -1.17. The van der Waals surface area contributed by atoms with Gasteiger partial charge >= 0.3 is 5.97 Å². The van der Waals surface area contributed by atoms with Crippen LogP contribution in [0, 0.1) is 0 Å². The smallest absolute Gasteiger partial charge is 0.344 e. The molecule has 1 rings (SSSR count). The van der Waals surface area contributed by atoms with E-state index in [1.54, 1.807) is 11.6 Å². The van der Waals surface area contributed by atoms with Gasteiger partial charge in [0.15, 0.2) is 0 Å². The van der Waals surface area contributed by atoms with Crippen molar-refractivity contribution in [2.45, 2.75) is 45.2 Å². The zero-order valence-electron chi connectivity index (χ0n) is 11.4. The molecule has 0 aromatic carbocycles. The fourth-order valence-electron chi connectivity index (χ4n) is 1.57. The van der Waals surface area contributed by atoms with Crippen LogP contribution < -0.4 is 5.73 Å². The number of thioether (sulfide) groups is 1. The Morgan fingerprint density at radius 1 is 1.50 bits per heavy atom. The zero-order valence-corrected chi connectivity index (χ0v) is 12.2. The van der Waals surface area contributed by atoms with E-state index in [2.05, 4.69) is 12.0 Å². The molecule has 18 heavy (non-hydrogen) atoms. The standard InChI is InChI=1S/C12H21N3O2S/c1-5-8(4)15-10(13)9(12(16)17-6-2)11(14-15)18-7-3/h8H,5-7,13H2,1-4H3. The number of carbonyl (C=O) groups is 1. The van der Waals surface area contributed by atoms with Gasteiger partial charge in [0.25, 0.3) is 0 Å². The van der Waals surface area contributed by atoms with Crippen LogP contribution in [-0.2, 0) is 4.74 Å². The molecule has 0 fully saturated rings. The maximum absolute atomic E-state index is 11.9. The van der Waals surface area contributed by atoms with E-state index >= 15 is 0 Å². The SMILES string of the molecule is CCOC(=O)c1c(SCC)nn(C(C)CC)c1N. The highest BCUT2D eigenvalue weighted by Gasteiger charge is 2.24. The molecular weight excluding hydrogens is 250 g/mol. The summed E-state index contributed by atoms with van der Waals surface area (Å²) in [5.74, 6) is 0.850. The summed E-state index contributed by atoms with van der Waals surface area (Å²) < 4.78 is 6.75.